The van der Waals surface area contributed by atoms with E-state index in [9.17, 15) is 23.6 Å². The van der Waals surface area contributed by atoms with Crippen molar-refractivity contribution in [1.82, 2.24) is 10.6 Å². The van der Waals surface area contributed by atoms with Gasteiger partial charge in [-0.05, 0) is 24.6 Å². The number of halogens is 1. The molecule has 24 heavy (non-hydrogen) atoms. The Balaban J connectivity index is 1.66. The summed E-state index contributed by atoms with van der Waals surface area (Å²) in [5.41, 5.74) is 0.430. The third-order valence-electron chi connectivity index (χ3n) is 4.21. The maximum atomic E-state index is 14.2. The molecule has 0 radical (unpaired) electrons. The smallest absolute Gasteiger partial charge is 0.254 e. The number of nitrogens with zero attached hydrogens (tertiary/aromatic N) is 1. The highest BCUT2D eigenvalue weighted by atomic mass is 19.1. The summed E-state index contributed by atoms with van der Waals surface area (Å²) in [5.74, 6) is -2.42. The standard InChI is InChI=1S/C16H16FN3O4/c17-12-5-10(20-6-9(7-20)8-21)1-2-11(12)15(23)18-13-3-4-14(22)19-16(13)24/h1-2,5,8-9,13H,3-4,6-7H2,(H,18,23)(H,19,22,24). The van der Waals surface area contributed by atoms with Crippen LogP contribution < -0.4 is 15.5 Å². The second-order valence-electron chi connectivity index (χ2n) is 5.94. The molecule has 1 atom stereocenters. The molecule has 2 fully saturated rings. The number of piperidine rings is 1. The fourth-order valence-corrected chi connectivity index (χ4v) is 2.76. The van der Waals surface area contributed by atoms with Gasteiger partial charge in [-0.2, -0.15) is 0 Å². The molecule has 2 saturated heterocycles. The monoisotopic (exact) mass is 333 g/mol. The minimum absolute atomic E-state index is 0.0384. The number of carbonyl (C=O) groups excluding carboxylic acids is 4. The first-order valence-corrected chi connectivity index (χ1v) is 7.62. The van der Waals surface area contributed by atoms with Crippen LogP contribution in [0.15, 0.2) is 18.2 Å². The molecule has 0 aromatic heterocycles. The summed E-state index contributed by atoms with van der Waals surface area (Å²) in [6.07, 6.45) is 1.19. The van der Waals surface area contributed by atoms with E-state index in [1.54, 1.807) is 6.07 Å². The summed E-state index contributed by atoms with van der Waals surface area (Å²) in [6.45, 7) is 1.06. The molecule has 2 aliphatic heterocycles. The first-order chi connectivity index (χ1) is 11.5. The van der Waals surface area contributed by atoms with Gasteiger partial charge >= 0.3 is 0 Å². The second-order valence-corrected chi connectivity index (χ2v) is 5.94. The molecule has 1 aromatic carbocycles. The van der Waals surface area contributed by atoms with E-state index in [1.807, 2.05) is 4.90 Å². The average molecular weight is 333 g/mol. The van der Waals surface area contributed by atoms with Crippen LogP contribution in [0.25, 0.3) is 0 Å². The summed E-state index contributed by atoms with van der Waals surface area (Å²) >= 11 is 0. The van der Waals surface area contributed by atoms with Crippen molar-refractivity contribution in [2.75, 3.05) is 18.0 Å². The molecule has 0 bridgehead atoms. The van der Waals surface area contributed by atoms with Crippen LogP contribution in [0.2, 0.25) is 0 Å². The van der Waals surface area contributed by atoms with Gasteiger partial charge < -0.3 is 15.0 Å². The normalized spacial score (nSPS) is 21.0. The number of hydrogen-bond donors (Lipinski definition) is 2. The molecular weight excluding hydrogens is 317 g/mol. The van der Waals surface area contributed by atoms with E-state index in [1.165, 1.54) is 12.1 Å². The molecular formula is C16H16FN3O4. The molecule has 0 spiro atoms. The Kier molecular flexibility index (Phi) is 4.28. The number of carbonyl (C=O) groups is 4. The minimum atomic E-state index is -0.849. The number of hydrogen-bond acceptors (Lipinski definition) is 5. The van der Waals surface area contributed by atoms with E-state index < -0.39 is 23.7 Å². The lowest BCUT2D eigenvalue weighted by Gasteiger charge is -2.38. The van der Waals surface area contributed by atoms with Gasteiger partial charge in [0.2, 0.25) is 11.8 Å². The van der Waals surface area contributed by atoms with Gasteiger partial charge in [0.05, 0.1) is 5.56 Å². The lowest BCUT2D eigenvalue weighted by molar-refractivity contribution is -0.134. The number of benzene rings is 1. The predicted octanol–water partition coefficient (Wildman–Crippen LogP) is -0.00420. The Labute approximate surface area is 137 Å². The molecule has 2 N–H and O–H groups in total. The van der Waals surface area contributed by atoms with Crippen LogP contribution in [0, 0.1) is 11.7 Å². The third kappa shape index (κ3) is 3.12. The fraction of sp³-hybridized carbons (Fsp3) is 0.375. The van der Waals surface area contributed by atoms with E-state index >= 15 is 0 Å². The largest absolute Gasteiger partial charge is 0.370 e. The first kappa shape index (κ1) is 16.1. The second kappa shape index (κ2) is 6.38. The number of rotatable bonds is 4. The zero-order valence-electron chi connectivity index (χ0n) is 12.8. The highest BCUT2D eigenvalue weighted by molar-refractivity contribution is 6.03. The number of amides is 3. The fourth-order valence-electron chi connectivity index (χ4n) is 2.76. The highest BCUT2D eigenvalue weighted by Gasteiger charge is 2.30. The Morgan fingerprint density at radius 1 is 1.33 bits per heavy atom. The zero-order valence-corrected chi connectivity index (χ0v) is 12.8. The van der Waals surface area contributed by atoms with Crippen molar-refractivity contribution in [3.63, 3.8) is 0 Å². The lowest BCUT2D eigenvalue weighted by atomic mass is 10.0. The summed E-state index contributed by atoms with van der Waals surface area (Å²) in [5, 5.41) is 4.56. The van der Waals surface area contributed by atoms with E-state index in [4.69, 9.17) is 0 Å². The molecule has 3 amide bonds. The van der Waals surface area contributed by atoms with Crippen molar-refractivity contribution >= 4 is 29.7 Å². The Morgan fingerprint density at radius 2 is 2.08 bits per heavy atom. The molecule has 7 nitrogen and oxygen atoms in total. The maximum absolute atomic E-state index is 14.2. The summed E-state index contributed by atoms with van der Waals surface area (Å²) in [4.78, 5) is 47.3. The molecule has 0 aliphatic carbocycles. The van der Waals surface area contributed by atoms with Crippen molar-refractivity contribution in [2.24, 2.45) is 5.92 Å². The van der Waals surface area contributed by atoms with Gasteiger partial charge in [-0.3, -0.25) is 19.7 Å². The summed E-state index contributed by atoms with van der Waals surface area (Å²) < 4.78 is 14.2. The van der Waals surface area contributed by atoms with E-state index in [-0.39, 0.29) is 30.2 Å². The van der Waals surface area contributed by atoms with Crippen molar-refractivity contribution in [3.8, 4) is 0 Å². The molecule has 2 heterocycles. The Hall–Kier alpha value is -2.77. The Bertz CT molecular complexity index is 715. The topological polar surface area (TPSA) is 95.6 Å². The van der Waals surface area contributed by atoms with Crippen LogP contribution in [0.5, 0.6) is 0 Å². The number of anilines is 1. The van der Waals surface area contributed by atoms with Crippen LogP contribution in [-0.4, -0.2) is 43.1 Å². The van der Waals surface area contributed by atoms with Crippen molar-refractivity contribution in [1.29, 1.82) is 0 Å². The Morgan fingerprint density at radius 3 is 2.71 bits per heavy atom. The van der Waals surface area contributed by atoms with Crippen LogP contribution in [-0.2, 0) is 14.4 Å². The quantitative estimate of drug-likeness (QED) is 0.597. The molecule has 3 rings (SSSR count). The van der Waals surface area contributed by atoms with Gasteiger partial charge in [-0.25, -0.2) is 4.39 Å². The first-order valence-electron chi connectivity index (χ1n) is 7.62. The number of nitrogens with one attached hydrogen (secondary N) is 2. The van der Waals surface area contributed by atoms with Gasteiger partial charge in [0.1, 0.15) is 18.1 Å². The number of aldehydes is 1. The molecule has 126 valence electrons. The van der Waals surface area contributed by atoms with Gasteiger partial charge in [0, 0.05) is 31.1 Å². The van der Waals surface area contributed by atoms with Gasteiger partial charge in [0.25, 0.3) is 5.91 Å². The van der Waals surface area contributed by atoms with Crippen LogP contribution >= 0.6 is 0 Å². The third-order valence-corrected chi connectivity index (χ3v) is 4.21. The molecule has 2 aliphatic rings. The summed E-state index contributed by atoms with van der Waals surface area (Å²) in [7, 11) is 0. The van der Waals surface area contributed by atoms with Gasteiger partial charge in [0.15, 0.2) is 0 Å². The molecule has 8 heteroatoms. The highest BCUT2D eigenvalue weighted by Crippen LogP contribution is 2.25. The van der Waals surface area contributed by atoms with Gasteiger partial charge in [-0.15, -0.1) is 0 Å². The van der Waals surface area contributed by atoms with E-state index in [2.05, 4.69) is 10.6 Å². The minimum Gasteiger partial charge on any atom is -0.370 e. The molecule has 1 unspecified atom stereocenters. The van der Waals surface area contributed by atoms with Crippen molar-refractivity contribution in [2.45, 2.75) is 18.9 Å². The van der Waals surface area contributed by atoms with Crippen LogP contribution in [0.3, 0.4) is 0 Å². The van der Waals surface area contributed by atoms with Crippen molar-refractivity contribution in [3.05, 3.63) is 29.6 Å². The molecule has 0 saturated carbocycles. The van der Waals surface area contributed by atoms with Gasteiger partial charge in [-0.1, -0.05) is 0 Å². The lowest BCUT2D eigenvalue weighted by Crippen LogP contribution is -2.52. The summed E-state index contributed by atoms with van der Waals surface area (Å²) in [6, 6.07) is 3.34. The zero-order chi connectivity index (χ0) is 17.3. The van der Waals surface area contributed by atoms with E-state index in [0.29, 0.717) is 18.8 Å². The average Bonchev–Trinajstić information content (AvgIpc) is 2.49. The maximum Gasteiger partial charge on any atom is 0.254 e. The predicted molar refractivity (Wildman–Crippen MR) is 81.8 cm³/mol. The number of imide groups is 1. The molecule has 1 aromatic rings. The van der Waals surface area contributed by atoms with Crippen LogP contribution in [0.4, 0.5) is 10.1 Å². The van der Waals surface area contributed by atoms with E-state index in [0.717, 1.165) is 6.29 Å². The van der Waals surface area contributed by atoms with Crippen molar-refractivity contribution < 1.29 is 23.6 Å². The SMILES string of the molecule is O=CC1CN(c2ccc(C(=O)NC3CCC(=O)NC3=O)c(F)c2)C1. The van der Waals surface area contributed by atoms with Crippen LogP contribution in [0.1, 0.15) is 23.2 Å².